The topological polar surface area (TPSA) is 72.5 Å². The highest BCUT2D eigenvalue weighted by atomic mass is 16.5. The molecule has 2 rings (SSSR count). The fourth-order valence-corrected chi connectivity index (χ4v) is 2.54. The second-order valence-corrected chi connectivity index (χ2v) is 6.08. The molecule has 1 unspecified atom stereocenters. The first-order valence-electron chi connectivity index (χ1n) is 7.10. The number of carboxylic acids is 1. The number of hydrogen-bond donors (Lipinski definition) is 2. The molecule has 4 heteroatoms. The molecule has 1 aliphatic rings. The lowest BCUT2D eigenvalue weighted by Gasteiger charge is -2.24. The zero-order chi connectivity index (χ0) is 14.9. The molecule has 0 aliphatic heterocycles. The second kappa shape index (κ2) is 5.44. The Hall–Kier alpha value is -1.55. The summed E-state index contributed by atoms with van der Waals surface area (Å²) in [5, 5.41) is 9.29. The summed E-state index contributed by atoms with van der Waals surface area (Å²) in [5.41, 5.74) is 7.16. The molecule has 1 aliphatic carbocycles. The SMILES string of the molecule is Cc1cc(OCC(N)(C(=O)O)C2CC2)ccc1C(C)C. The van der Waals surface area contributed by atoms with Crippen molar-refractivity contribution in [3.8, 4) is 5.75 Å². The lowest BCUT2D eigenvalue weighted by Crippen LogP contribution is -2.54. The summed E-state index contributed by atoms with van der Waals surface area (Å²) >= 11 is 0. The van der Waals surface area contributed by atoms with E-state index >= 15 is 0 Å². The van der Waals surface area contributed by atoms with Gasteiger partial charge in [-0.05, 0) is 54.9 Å². The minimum Gasteiger partial charge on any atom is -0.491 e. The smallest absolute Gasteiger partial charge is 0.327 e. The van der Waals surface area contributed by atoms with Crippen LogP contribution in [0.25, 0.3) is 0 Å². The maximum Gasteiger partial charge on any atom is 0.327 e. The van der Waals surface area contributed by atoms with Crippen LogP contribution in [0.4, 0.5) is 0 Å². The van der Waals surface area contributed by atoms with Crippen molar-refractivity contribution in [1.82, 2.24) is 0 Å². The Morgan fingerprint density at radius 3 is 2.60 bits per heavy atom. The molecule has 0 amide bonds. The average molecular weight is 277 g/mol. The van der Waals surface area contributed by atoms with Crippen molar-refractivity contribution < 1.29 is 14.6 Å². The molecule has 20 heavy (non-hydrogen) atoms. The van der Waals surface area contributed by atoms with Gasteiger partial charge >= 0.3 is 5.97 Å². The van der Waals surface area contributed by atoms with Gasteiger partial charge in [0.1, 0.15) is 12.4 Å². The molecule has 1 atom stereocenters. The molecule has 0 aromatic heterocycles. The van der Waals surface area contributed by atoms with E-state index in [1.807, 2.05) is 25.1 Å². The van der Waals surface area contributed by atoms with Gasteiger partial charge in [0.25, 0.3) is 0 Å². The maximum atomic E-state index is 11.3. The van der Waals surface area contributed by atoms with Gasteiger partial charge in [-0.25, -0.2) is 0 Å². The quantitative estimate of drug-likeness (QED) is 0.838. The van der Waals surface area contributed by atoms with E-state index in [1.165, 1.54) is 5.56 Å². The third kappa shape index (κ3) is 2.96. The van der Waals surface area contributed by atoms with Crippen LogP contribution in [0.2, 0.25) is 0 Å². The molecule has 1 aromatic rings. The van der Waals surface area contributed by atoms with Gasteiger partial charge in [0.2, 0.25) is 0 Å². The number of benzene rings is 1. The number of rotatable bonds is 6. The van der Waals surface area contributed by atoms with Crippen LogP contribution in [0.15, 0.2) is 18.2 Å². The molecule has 110 valence electrons. The average Bonchev–Trinajstić information content (AvgIpc) is 3.19. The highest BCUT2D eigenvalue weighted by molar-refractivity contribution is 5.79. The Morgan fingerprint density at radius 2 is 2.15 bits per heavy atom. The summed E-state index contributed by atoms with van der Waals surface area (Å²) in [6.45, 7) is 6.35. The Morgan fingerprint density at radius 1 is 1.50 bits per heavy atom. The van der Waals surface area contributed by atoms with Crippen molar-refractivity contribution in [1.29, 1.82) is 0 Å². The van der Waals surface area contributed by atoms with E-state index in [4.69, 9.17) is 10.5 Å². The molecule has 0 heterocycles. The van der Waals surface area contributed by atoms with Gasteiger partial charge in [-0.1, -0.05) is 19.9 Å². The Labute approximate surface area is 119 Å². The molecule has 1 aromatic carbocycles. The van der Waals surface area contributed by atoms with Crippen molar-refractivity contribution in [3.63, 3.8) is 0 Å². The zero-order valence-corrected chi connectivity index (χ0v) is 12.3. The Balaban J connectivity index is 2.07. The predicted octanol–water partition coefficient (Wildman–Crippen LogP) is 2.69. The van der Waals surface area contributed by atoms with Crippen LogP contribution >= 0.6 is 0 Å². The van der Waals surface area contributed by atoms with Crippen LogP contribution in [-0.2, 0) is 4.79 Å². The second-order valence-electron chi connectivity index (χ2n) is 6.08. The van der Waals surface area contributed by atoms with E-state index in [9.17, 15) is 9.90 Å². The van der Waals surface area contributed by atoms with Gasteiger partial charge in [0.05, 0.1) is 0 Å². The van der Waals surface area contributed by atoms with Crippen LogP contribution < -0.4 is 10.5 Å². The number of ether oxygens (including phenoxy) is 1. The summed E-state index contributed by atoms with van der Waals surface area (Å²) < 4.78 is 5.64. The fraction of sp³-hybridized carbons (Fsp3) is 0.562. The highest BCUT2D eigenvalue weighted by Crippen LogP contribution is 2.39. The third-order valence-electron chi connectivity index (χ3n) is 4.04. The van der Waals surface area contributed by atoms with Gasteiger partial charge in [-0.3, -0.25) is 4.79 Å². The van der Waals surface area contributed by atoms with Crippen LogP contribution in [0.1, 0.15) is 43.7 Å². The first kappa shape index (κ1) is 14.9. The normalized spacial score (nSPS) is 17.9. The van der Waals surface area contributed by atoms with Crippen LogP contribution in [0, 0.1) is 12.8 Å². The Kier molecular flexibility index (Phi) is 4.04. The minimum atomic E-state index is -1.26. The summed E-state index contributed by atoms with van der Waals surface area (Å²) in [7, 11) is 0. The number of aliphatic carboxylic acids is 1. The maximum absolute atomic E-state index is 11.3. The molecule has 4 nitrogen and oxygen atoms in total. The lowest BCUT2D eigenvalue weighted by atomic mass is 9.96. The molecule has 1 saturated carbocycles. The van der Waals surface area contributed by atoms with Crippen molar-refractivity contribution in [2.45, 2.75) is 45.1 Å². The van der Waals surface area contributed by atoms with Crippen LogP contribution in [0.3, 0.4) is 0 Å². The van der Waals surface area contributed by atoms with Gasteiger partial charge in [-0.15, -0.1) is 0 Å². The van der Waals surface area contributed by atoms with Crippen molar-refractivity contribution in [3.05, 3.63) is 29.3 Å². The summed E-state index contributed by atoms with van der Waals surface area (Å²) in [6, 6.07) is 5.87. The van der Waals surface area contributed by atoms with E-state index in [-0.39, 0.29) is 12.5 Å². The molecule has 0 spiro atoms. The highest BCUT2D eigenvalue weighted by Gasteiger charge is 2.49. The van der Waals surface area contributed by atoms with Crippen molar-refractivity contribution in [2.75, 3.05) is 6.61 Å². The van der Waals surface area contributed by atoms with E-state index in [0.717, 1.165) is 18.4 Å². The monoisotopic (exact) mass is 277 g/mol. The molecular weight excluding hydrogens is 254 g/mol. The molecule has 1 fully saturated rings. The van der Waals surface area contributed by atoms with E-state index in [0.29, 0.717) is 11.7 Å². The van der Waals surface area contributed by atoms with Crippen molar-refractivity contribution >= 4 is 5.97 Å². The summed E-state index contributed by atoms with van der Waals surface area (Å²) in [4.78, 5) is 11.3. The number of aryl methyl sites for hydroxylation is 1. The van der Waals surface area contributed by atoms with Gasteiger partial charge in [0, 0.05) is 0 Å². The van der Waals surface area contributed by atoms with Crippen LogP contribution in [-0.4, -0.2) is 23.2 Å². The van der Waals surface area contributed by atoms with E-state index in [2.05, 4.69) is 13.8 Å². The van der Waals surface area contributed by atoms with Gasteiger partial charge < -0.3 is 15.6 Å². The summed E-state index contributed by atoms with van der Waals surface area (Å²) in [6.07, 6.45) is 1.74. The van der Waals surface area contributed by atoms with Gasteiger partial charge in [-0.2, -0.15) is 0 Å². The predicted molar refractivity (Wildman–Crippen MR) is 78.0 cm³/mol. The molecule has 0 radical (unpaired) electrons. The summed E-state index contributed by atoms with van der Waals surface area (Å²) in [5.74, 6) is 0.207. The molecule has 3 N–H and O–H groups in total. The number of carbonyl (C=O) groups is 1. The standard InChI is InChI=1S/C16H23NO3/c1-10(2)14-7-6-13(8-11(14)3)20-9-16(17,15(18)19)12-4-5-12/h6-8,10,12H,4-5,9,17H2,1-3H3,(H,18,19). The van der Waals surface area contributed by atoms with E-state index in [1.54, 1.807) is 0 Å². The third-order valence-corrected chi connectivity index (χ3v) is 4.04. The van der Waals surface area contributed by atoms with Crippen molar-refractivity contribution in [2.24, 2.45) is 11.7 Å². The Bertz CT molecular complexity index is 508. The van der Waals surface area contributed by atoms with Gasteiger partial charge in [0.15, 0.2) is 5.54 Å². The molecular formula is C16H23NO3. The fourth-order valence-electron chi connectivity index (χ4n) is 2.54. The lowest BCUT2D eigenvalue weighted by molar-refractivity contribution is -0.145. The first-order chi connectivity index (χ1) is 9.34. The largest absolute Gasteiger partial charge is 0.491 e. The zero-order valence-electron chi connectivity index (χ0n) is 12.3. The van der Waals surface area contributed by atoms with E-state index < -0.39 is 11.5 Å². The van der Waals surface area contributed by atoms with Crippen LogP contribution in [0.5, 0.6) is 5.75 Å². The minimum absolute atomic E-state index is 0.0213. The number of hydrogen-bond acceptors (Lipinski definition) is 3. The first-order valence-corrected chi connectivity index (χ1v) is 7.10. The number of carboxylic acid groups (broad SMARTS) is 1. The molecule has 0 bridgehead atoms. The molecule has 0 saturated heterocycles. The number of nitrogens with two attached hydrogens (primary N) is 1.